The van der Waals surface area contributed by atoms with Gasteiger partial charge in [-0.25, -0.2) is 0 Å². The number of carbonyl (C=O) groups excluding carboxylic acids is 1. The molecule has 1 atom stereocenters. The van der Waals surface area contributed by atoms with E-state index in [1.54, 1.807) is 16.0 Å². The molecule has 124 valence electrons. The maximum absolute atomic E-state index is 12.5. The number of thiophene rings is 1. The Balaban J connectivity index is 1.46. The zero-order valence-electron chi connectivity index (χ0n) is 13.1. The van der Waals surface area contributed by atoms with Crippen molar-refractivity contribution in [2.75, 3.05) is 0 Å². The van der Waals surface area contributed by atoms with Gasteiger partial charge in [-0.2, -0.15) is 5.10 Å². The van der Waals surface area contributed by atoms with Crippen molar-refractivity contribution in [2.24, 2.45) is 5.92 Å². The van der Waals surface area contributed by atoms with E-state index >= 15 is 0 Å². The van der Waals surface area contributed by atoms with Crippen LogP contribution in [0.25, 0.3) is 10.9 Å². The first-order valence-electron chi connectivity index (χ1n) is 8.12. The van der Waals surface area contributed by atoms with Gasteiger partial charge < -0.3 is 10.4 Å². The largest absolute Gasteiger partial charge is 0.393 e. The summed E-state index contributed by atoms with van der Waals surface area (Å²) in [6.07, 6.45) is 3.15. The molecule has 5 nitrogen and oxygen atoms in total. The average molecular weight is 341 g/mol. The highest BCUT2D eigenvalue weighted by Gasteiger charge is 2.36. The van der Waals surface area contributed by atoms with Gasteiger partial charge in [-0.3, -0.25) is 9.48 Å². The van der Waals surface area contributed by atoms with Gasteiger partial charge in [0.1, 0.15) is 6.54 Å². The Hall–Kier alpha value is -2.18. The molecule has 2 heterocycles. The minimum Gasteiger partial charge on any atom is -0.393 e. The predicted molar refractivity (Wildman–Crippen MR) is 93.7 cm³/mol. The Morgan fingerprint density at radius 1 is 1.33 bits per heavy atom. The molecule has 0 saturated heterocycles. The van der Waals surface area contributed by atoms with Gasteiger partial charge >= 0.3 is 0 Å². The minimum atomic E-state index is -0.231. The Bertz CT molecular complexity index is 804. The molecule has 1 saturated carbocycles. The molecular formula is C18H19N3O2S. The van der Waals surface area contributed by atoms with Gasteiger partial charge in [-0.05, 0) is 36.3 Å². The second kappa shape index (κ2) is 6.37. The third kappa shape index (κ3) is 3.07. The van der Waals surface area contributed by atoms with Crippen LogP contribution in [0.5, 0.6) is 0 Å². The highest BCUT2D eigenvalue weighted by molar-refractivity contribution is 7.10. The highest BCUT2D eigenvalue weighted by atomic mass is 32.1. The molecule has 0 spiro atoms. The molecule has 1 aliphatic rings. The monoisotopic (exact) mass is 341 g/mol. The second-order valence-corrected chi connectivity index (χ2v) is 7.31. The number of fused-ring (bicyclic) bond motifs is 1. The van der Waals surface area contributed by atoms with Gasteiger partial charge in [-0.1, -0.05) is 24.3 Å². The van der Waals surface area contributed by atoms with E-state index in [4.69, 9.17) is 0 Å². The summed E-state index contributed by atoms with van der Waals surface area (Å²) in [5, 5.41) is 20.2. The van der Waals surface area contributed by atoms with E-state index in [-0.39, 0.29) is 24.6 Å². The van der Waals surface area contributed by atoms with Crippen molar-refractivity contribution < 1.29 is 9.90 Å². The number of nitrogens with one attached hydrogen (secondary N) is 1. The van der Waals surface area contributed by atoms with Crippen molar-refractivity contribution in [3.05, 3.63) is 52.9 Å². The quantitative estimate of drug-likeness (QED) is 0.750. The zero-order valence-corrected chi connectivity index (χ0v) is 13.9. The van der Waals surface area contributed by atoms with Gasteiger partial charge in [0.05, 0.1) is 17.7 Å². The van der Waals surface area contributed by atoms with Crippen LogP contribution >= 0.6 is 11.3 Å². The number of aromatic nitrogens is 2. The normalized spacial score (nSPS) is 21.4. The fourth-order valence-corrected chi connectivity index (χ4v) is 4.12. The number of carbonyl (C=O) groups is 1. The van der Waals surface area contributed by atoms with Crippen LogP contribution in [0.1, 0.15) is 23.8 Å². The smallest absolute Gasteiger partial charge is 0.242 e. The summed E-state index contributed by atoms with van der Waals surface area (Å²) >= 11 is 1.64. The molecule has 1 aliphatic carbocycles. The molecule has 0 aliphatic heterocycles. The first-order valence-corrected chi connectivity index (χ1v) is 9.00. The van der Waals surface area contributed by atoms with Crippen LogP contribution in [0.15, 0.2) is 48.0 Å². The van der Waals surface area contributed by atoms with Crippen molar-refractivity contribution >= 4 is 28.1 Å². The maximum atomic E-state index is 12.5. The van der Waals surface area contributed by atoms with E-state index in [1.165, 1.54) is 0 Å². The van der Waals surface area contributed by atoms with E-state index < -0.39 is 0 Å². The number of aliphatic hydroxyl groups excluding tert-OH is 1. The van der Waals surface area contributed by atoms with Crippen LogP contribution in [-0.2, 0) is 11.3 Å². The highest BCUT2D eigenvalue weighted by Crippen LogP contribution is 2.39. The maximum Gasteiger partial charge on any atom is 0.242 e. The lowest BCUT2D eigenvalue weighted by Gasteiger charge is -2.37. The molecule has 1 amide bonds. The van der Waals surface area contributed by atoms with E-state index in [0.29, 0.717) is 5.92 Å². The number of amides is 1. The molecule has 4 rings (SSSR count). The molecule has 3 aromatic rings. The molecule has 24 heavy (non-hydrogen) atoms. The van der Waals surface area contributed by atoms with Crippen molar-refractivity contribution in [3.8, 4) is 0 Å². The molecular weight excluding hydrogens is 322 g/mol. The van der Waals surface area contributed by atoms with Crippen LogP contribution in [0.2, 0.25) is 0 Å². The molecule has 0 unspecified atom stereocenters. The number of aliphatic hydroxyl groups is 1. The SMILES string of the molecule is O=C(Cn1cc2ccccc2n1)N[C@H](c1cccs1)C1CC(O)C1. The number of hydrogen-bond acceptors (Lipinski definition) is 4. The lowest BCUT2D eigenvalue weighted by atomic mass is 9.77. The molecule has 0 radical (unpaired) electrons. The van der Waals surface area contributed by atoms with Crippen LogP contribution < -0.4 is 5.32 Å². The summed E-state index contributed by atoms with van der Waals surface area (Å²) in [5.74, 6) is 0.252. The standard InChI is InChI=1S/C18H19N3O2S/c22-14-8-13(9-14)18(16-6-3-7-24-16)19-17(23)11-21-10-12-4-1-2-5-15(12)20-21/h1-7,10,13-14,18,22H,8-9,11H2,(H,19,23)/t13?,14?,18-/m0/s1. The van der Waals surface area contributed by atoms with Gasteiger partial charge in [-0.15, -0.1) is 11.3 Å². The zero-order chi connectivity index (χ0) is 16.5. The van der Waals surface area contributed by atoms with Crippen LogP contribution in [-0.4, -0.2) is 26.9 Å². The fourth-order valence-electron chi connectivity index (χ4n) is 3.25. The third-order valence-electron chi connectivity index (χ3n) is 4.55. The third-order valence-corrected chi connectivity index (χ3v) is 5.51. The Morgan fingerprint density at radius 3 is 2.88 bits per heavy atom. The molecule has 6 heteroatoms. The summed E-state index contributed by atoms with van der Waals surface area (Å²) in [6.45, 7) is 0.200. The van der Waals surface area contributed by atoms with Crippen molar-refractivity contribution in [2.45, 2.75) is 31.5 Å². The Morgan fingerprint density at radius 2 is 2.17 bits per heavy atom. The van der Waals surface area contributed by atoms with Gasteiger partial charge in [0.15, 0.2) is 0 Å². The van der Waals surface area contributed by atoms with E-state index in [1.807, 2.05) is 48.0 Å². The van der Waals surface area contributed by atoms with E-state index in [0.717, 1.165) is 28.6 Å². The number of rotatable bonds is 5. The molecule has 2 aromatic heterocycles. The summed E-state index contributed by atoms with van der Waals surface area (Å²) in [7, 11) is 0. The number of hydrogen-bond donors (Lipinski definition) is 2. The average Bonchev–Trinajstić information content (AvgIpc) is 3.18. The van der Waals surface area contributed by atoms with Crippen LogP contribution in [0, 0.1) is 5.92 Å². The van der Waals surface area contributed by atoms with Crippen molar-refractivity contribution in [3.63, 3.8) is 0 Å². The summed E-state index contributed by atoms with van der Waals surface area (Å²) in [6, 6.07) is 11.8. The minimum absolute atomic E-state index is 0.0223. The van der Waals surface area contributed by atoms with Crippen LogP contribution in [0.3, 0.4) is 0 Å². The second-order valence-electron chi connectivity index (χ2n) is 6.33. The van der Waals surface area contributed by atoms with Gasteiger partial charge in [0.2, 0.25) is 5.91 Å². The first-order chi connectivity index (χ1) is 11.7. The predicted octanol–water partition coefficient (Wildman–Crippen LogP) is 2.73. The Labute approximate surface area is 143 Å². The number of nitrogens with zero attached hydrogens (tertiary/aromatic N) is 2. The molecule has 1 fully saturated rings. The van der Waals surface area contributed by atoms with Crippen LogP contribution in [0.4, 0.5) is 0 Å². The van der Waals surface area contributed by atoms with Crippen molar-refractivity contribution in [1.82, 2.24) is 15.1 Å². The lowest BCUT2D eigenvalue weighted by Crippen LogP contribution is -2.42. The van der Waals surface area contributed by atoms with E-state index in [2.05, 4.69) is 10.4 Å². The van der Waals surface area contributed by atoms with Gasteiger partial charge in [0.25, 0.3) is 0 Å². The fraction of sp³-hybridized carbons (Fsp3) is 0.333. The molecule has 2 N–H and O–H groups in total. The topological polar surface area (TPSA) is 67.2 Å². The summed E-state index contributed by atoms with van der Waals surface area (Å²) < 4.78 is 1.68. The molecule has 1 aromatic carbocycles. The lowest BCUT2D eigenvalue weighted by molar-refractivity contribution is -0.123. The van der Waals surface area contributed by atoms with Gasteiger partial charge in [0, 0.05) is 16.5 Å². The Kier molecular flexibility index (Phi) is 4.08. The first kappa shape index (κ1) is 15.4. The summed E-state index contributed by atoms with van der Waals surface area (Å²) in [5.41, 5.74) is 0.891. The number of benzene rings is 1. The molecule has 0 bridgehead atoms. The van der Waals surface area contributed by atoms with Crippen molar-refractivity contribution in [1.29, 1.82) is 0 Å². The van der Waals surface area contributed by atoms with E-state index in [9.17, 15) is 9.90 Å². The summed E-state index contributed by atoms with van der Waals surface area (Å²) in [4.78, 5) is 13.6.